The Bertz CT molecular complexity index is 1820. The van der Waals surface area contributed by atoms with Crippen molar-refractivity contribution in [3.05, 3.63) is 41.7 Å². The van der Waals surface area contributed by atoms with E-state index in [1.54, 1.807) is 13.8 Å². The molecule has 4 amide bonds. The number of likely N-dealkylation sites (tertiary alicyclic amines) is 1. The summed E-state index contributed by atoms with van der Waals surface area (Å²) in [6.07, 6.45) is 7.78. The zero-order valence-electron chi connectivity index (χ0n) is 30.2. The van der Waals surface area contributed by atoms with Crippen LogP contribution in [0.3, 0.4) is 0 Å². The summed E-state index contributed by atoms with van der Waals surface area (Å²) in [5.41, 5.74) is 2.98. The largest absolute Gasteiger partial charge is 0.384 e. The van der Waals surface area contributed by atoms with Gasteiger partial charge in [0.1, 0.15) is 23.2 Å². The number of Topliss-reactive ketones (excluding diaryl/α,β-unsaturated/α-hetero) is 1. The molecule has 4 aliphatic rings. The van der Waals surface area contributed by atoms with Crippen molar-refractivity contribution in [2.45, 2.75) is 124 Å². The smallest absolute Gasteiger partial charge is 0.287 e. The van der Waals surface area contributed by atoms with Gasteiger partial charge in [-0.2, -0.15) is 0 Å². The Labute approximate surface area is 308 Å². The van der Waals surface area contributed by atoms with Crippen LogP contribution in [0.25, 0.3) is 0 Å². The van der Waals surface area contributed by atoms with Gasteiger partial charge in [0.05, 0.1) is 28.1 Å². The molecule has 2 aromatic rings. The molecule has 53 heavy (non-hydrogen) atoms. The maximum absolute atomic E-state index is 14.8. The minimum atomic E-state index is -3.46. The Balaban J connectivity index is 1.31. The van der Waals surface area contributed by atoms with Gasteiger partial charge in [-0.1, -0.05) is 37.3 Å². The fraction of sp³-hybridized carbons (Fsp3) is 0.639. The van der Waals surface area contributed by atoms with Crippen molar-refractivity contribution in [3.63, 3.8) is 0 Å². The zero-order valence-corrected chi connectivity index (χ0v) is 31.0. The van der Waals surface area contributed by atoms with Gasteiger partial charge in [-0.3, -0.25) is 24.0 Å². The second kappa shape index (κ2) is 15.3. The maximum Gasteiger partial charge on any atom is 0.287 e. The van der Waals surface area contributed by atoms with Crippen LogP contribution >= 0.6 is 0 Å². The van der Waals surface area contributed by atoms with E-state index in [1.165, 1.54) is 40.0 Å². The number of aromatic nitrogens is 3. The third kappa shape index (κ3) is 8.31. The number of hydrogen-bond acceptors (Lipinski definition) is 11. The number of benzene rings is 1. The van der Waals surface area contributed by atoms with Gasteiger partial charge in [0.2, 0.25) is 17.6 Å². The molecule has 2 aliphatic heterocycles. The predicted molar refractivity (Wildman–Crippen MR) is 189 cm³/mol. The second-order valence-electron chi connectivity index (χ2n) is 15.4. The Kier molecular flexibility index (Phi) is 11.1. The average molecular weight is 756 g/mol. The van der Waals surface area contributed by atoms with Crippen molar-refractivity contribution in [3.8, 4) is 0 Å². The molecule has 0 spiro atoms. The van der Waals surface area contributed by atoms with Gasteiger partial charge in [0.15, 0.2) is 9.84 Å². The third-order valence-electron chi connectivity index (χ3n) is 11.1. The molecular weight excluding hydrogens is 707 g/mol. The first-order valence-electron chi connectivity index (χ1n) is 18.4. The van der Waals surface area contributed by atoms with E-state index in [4.69, 9.17) is 10.5 Å². The van der Waals surface area contributed by atoms with Gasteiger partial charge in [-0.05, 0) is 63.3 Å². The molecule has 1 aromatic carbocycles. The number of carbonyl (C=O) groups is 5. The van der Waals surface area contributed by atoms with Crippen molar-refractivity contribution in [2.24, 2.45) is 11.7 Å². The number of ether oxygens (including phenoxy) is 1. The van der Waals surface area contributed by atoms with Crippen LogP contribution in [0.1, 0.15) is 107 Å². The Morgan fingerprint density at radius 2 is 1.70 bits per heavy atom. The number of nitrogens with zero attached hydrogens (tertiary/aromatic N) is 4. The van der Waals surface area contributed by atoms with Crippen LogP contribution in [0.4, 0.5) is 0 Å². The molecule has 0 radical (unpaired) electrons. The van der Waals surface area contributed by atoms with Crippen molar-refractivity contribution in [2.75, 3.05) is 19.8 Å². The van der Waals surface area contributed by atoms with Crippen LogP contribution in [0.15, 0.2) is 35.4 Å². The molecule has 2 saturated heterocycles. The average Bonchev–Trinajstić information content (AvgIpc) is 3.71. The number of ketones is 1. The lowest BCUT2D eigenvalue weighted by molar-refractivity contribution is -0.147. The summed E-state index contributed by atoms with van der Waals surface area (Å²) in [7, 11) is -3.46. The molecule has 2 saturated carbocycles. The molecule has 2 aliphatic carbocycles. The molecule has 16 nitrogen and oxygen atoms in total. The number of primary amides is 1. The van der Waals surface area contributed by atoms with E-state index in [0.29, 0.717) is 25.0 Å². The highest BCUT2D eigenvalue weighted by Crippen LogP contribution is 2.35. The monoisotopic (exact) mass is 755 g/mol. The molecule has 5 N–H and O–H groups in total. The third-order valence-corrected chi connectivity index (χ3v) is 13.4. The zero-order chi connectivity index (χ0) is 38.1. The summed E-state index contributed by atoms with van der Waals surface area (Å²) in [5.74, 6) is -3.80. The van der Waals surface area contributed by atoms with E-state index in [-0.39, 0.29) is 55.4 Å². The molecule has 17 heteroatoms. The number of rotatable bonds is 13. The molecule has 3 heterocycles. The first-order valence-corrected chi connectivity index (χ1v) is 20.0. The number of amides is 4. The molecular formula is C36H49N7O9S. The molecule has 6 rings (SSSR count). The molecule has 3 atom stereocenters. The van der Waals surface area contributed by atoms with Crippen LogP contribution in [0.5, 0.6) is 0 Å². The van der Waals surface area contributed by atoms with Crippen LogP contribution in [0.2, 0.25) is 0 Å². The molecule has 0 bridgehead atoms. The molecule has 2 unspecified atom stereocenters. The number of nitrogens with one attached hydrogen (secondary N) is 2. The Hall–Kier alpha value is -4.22. The highest BCUT2D eigenvalue weighted by Gasteiger charge is 2.49. The van der Waals surface area contributed by atoms with Gasteiger partial charge >= 0.3 is 0 Å². The fourth-order valence-corrected chi connectivity index (χ4v) is 9.56. The highest BCUT2D eigenvalue weighted by molar-refractivity contribution is 7.92. The quantitative estimate of drug-likeness (QED) is 0.211. The first kappa shape index (κ1) is 38.5. The van der Waals surface area contributed by atoms with E-state index in [9.17, 15) is 37.5 Å². The summed E-state index contributed by atoms with van der Waals surface area (Å²) in [6, 6.07) is 2.84. The van der Waals surface area contributed by atoms with Crippen molar-refractivity contribution in [1.82, 2.24) is 30.5 Å². The topological polar surface area (TPSA) is 233 Å². The van der Waals surface area contributed by atoms with E-state index >= 15 is 0 Å². The van der Waals surface area contributed by atoms with Gasteiger partial charge < -0.3 is 31.1 Å². The standard InChI is InChI=1S/C36H49N7O9S/c1-35(2,49)29-20-38-41-43(29)24-19-28(33(47)40-36(30(44)31(37)45)14-16-52-17-15-36)42(21-24)34(48)27(18-22-6-4-3-5-7-22)39-32(46)23-8-10-25(11-9-23)53(50,51)26-12-13-26/h8-11,20,22,24,26-28,49H,3-7,12-19,21H2,1-2H3,(H2,37,45)(H,39,46)(H,40,47)/t24?,27-,28?/m1/s1. The van der Waals surface area contributed by atoms with Crippen LogP contribution in [-0.4, -0.2) is 105 Å². The summed E-state index contributed by atoms with van der Waals surface area (Å²) in [4.78, 5) is 69.6. The molecule has 4 fully saturated rings. The van der Waals surface area contributed by atoms with Crippen molar-refractivity contribution in [1.29, 1.82) is 0 Å². The lowest BCUT2D eigenvalue weighted by atomic mass is 9.84. The summed E-state index contributed by atoms with van der Waals surface area (Å²) < 4.78 is 32.4. The molecule has 288 valence electrons. The number of hydrogen-bond donors (Lipinski definition) is 4. The Morgan fingerprint density at radius 1 is 1.04 bits per heavy atom. The summed E-state index contributed by atoms with van der Waals surface area (Å²) in [5, 5.41) is 24.3. The van der Waals surface area contributed by atoms with Gasteiger partial charge in [-0.25, -0.2) is 13.1 Å². The van der Waals surface area contributed by atoms with E-state index in [2.05, 4.69) is 20.9 Å². The van der Waals surface area contributed by atoms with Crippen LogP contribution in [0, 0.1) is 5.92 Å². The van der Waals surface area contributed by atoms with Crippen molar-refractivity contribution < 1.29 is 42.2 Å². The molecule has 1 aromatic heterocycles. The lowest BCUT2D eigenvalue weighted by Crippen LogP contribution is -2.64. The predicted octanol–water partition coefficient (Wildman–Crippen LogP) is 1.07. The maximum atomic E-state index is 14.8. The minimum absolute atomic E-state index is 0.0116. The Morgan fingerprint density at radius 3 is 2.30 bits per heavy atom. The normalized spacial score (nSPS) is 22.9. The second-order valence-corrected chi connectivity index (χ2v) is 17.7. The number of sulfone groups is 1. The number of aliphatic hydroxyl groups is 1. The van der Waals surface area contributed by atoms with Gasteiger partial charge in [0.25, 0.3) is 11.8 Å². The lowest BCUT2D eigenvalue weighted by Gasteiger charge is -2.37. The van der Waals surface area contributed by atoms with Gasteiger partial charge in [-0.15, -0.1) is 5.10 Å². The van der Waals surface area contributed by atoms with Crippen molar-refractivity contribution >= 4 is 39.2 Å². The van der Waals surface area contributed by atoms with E-state index in [0.717, 1.165) is 32.1 Å². The van der Waals surface area contributed by atoms with Crippen LogP contribution in [-0.2, 0) is 39.4 Å². The summed E-state index contributed by atoms with van der Waals surface area (Å²) in [6.45, 7) is 3.31. The SMILES string of the molecule is CC(C)(O)c1cnnn1C1CC(C(=O)NC2(C(=O)C(N)=O)CCOCC2)N(C(=O)[C@@H](CC2CCCCC2)NC(=O)c2ccc(S(=O)(=O)C3CC3)cc2)C1. The van der Waals surface area contributed by atoms with E-state index < -0.39 is 73.8 Å². The van der Waals surface area contributed by atoms with E-state index in [1.807, 2.05) is 0 Å². The summed E-state index contributed by atoms with van der Waals surface area (Å²) >= 11 is 0. The van der Waals surface area contributed by atoms with Crippen LogP contribution < -0.4 is 16.4 Å². The first-order chi connectivity index (χ1) is 25.1. The minimum Gasteiger partial charge on any atom is -0.384 e. The highest BCUT2D eigenvalue weighted by atomic mass is 32.2. The number of carbonyl (C=O) groups excluding carboxylic acids is 5. The number of nitrogens with two attached hydrogens (primary N) is 1. The fourth-order valence-electron chi connectivity index (χ4n) is 7.90. The van der Waals surface area contributed by atoms with Gasteiger partial charge in [0, 0.05) is 44.6 Å².